The summed E-state index contributed by atoms with van der Waals surface area (Å²) in [6.45, 7) is 10.6. The predicted molar refractivity (Wildman–Crippen MR) is 143 cm³/mol. The number of hydrogen-bond acceptors (Lipinski definition) is 3. The molecule has 2 aromatic rings. The first-order valence-electron chi connectivity index (χ1n) is 12.2. The number of carbonyl (C=O) groups excluding carboxylic acids is 2. The third-order valence-electron chi connectivity index (χ3n) is 7.57. The van der Waals surface area contributed by atoms with E-state index in [4.69, 9.17) is 23.2 Å². The second-order valence-electron chi connectivity index (χ2n) is 11.8. The van der Waals surface area contributed by atoms with Crippen LogP contribution in [0.1, 0.15) is 70.4 Å². The molecule has 1 heterocycles. The summed E-state index contributed by atoms with van der Waals surface area (Å²) in [5.41, 5.74) is 6.10. The number of aryl methyl sites for hydroxylation is 1. The number of Topliss-reactive ketones (excluding diaryl/α,β-unsaturated/α-hetero) is 2. The summed E-state index contributed by atoms with van der Waals surface area (Å²) < 4.78 is 0. The number of nitrogens with zero attached hydrogens (tertiary/aromatic N) is 1. The van der Waals surface area contributed by atoms with E-state index in [2.05, 4.69) is 51.7 Å². The molecule has 0 radical (unpaired) electrons. The molecule has 0 saturated carbocycles. The van der Waals surface area contributed by atoms with E-state index in [1.165, 1.54) is 0 Å². The van der Waals surface area contributed by atoms with E-state index in [9.17, 15) is 9.59 Å². The van der Waals surface area contributed by atoms with Gasteiger partial charge in [-0.2, -0.15) is 0 Å². The Bertz CT molecular complexity index is 1280. The van der Waals surface area contributed by atoms with Crippen molar-refractivity contribution in [2.24, 2.45) is 10.8 Å². The molecule has 182 valence electrons. The first-order chi connectivity index (χ1) is 16.4. The summed E-state index contributed by atoms with van der Waals surface area (Å²) in [6, 6.07) is 13.7. The van der Waals surface area contributed by atoms with Gasteiger partial charge in [-0.05, 0) is 59.9 Å². The zero-order chi connectivity index (χ0) is 25.3. The second kappa shape index (κ2) is 8.35. The molecule has 3 nitrogen and oxygen atoms in total. The molecule has 0 unspecified atom stereocenters. The molecule has 0 fully saturated rings. The zero-order valence-electron chi connectivity index (χ0n) is 21.0. The Balaban J connectivity index is 1.86. The highest BCUT2D eigenvalue weighted by atomic mass is 35.5. The van der Waals surface area contributed by atoms with Crippen molar-refractivity contribution in [2.45, 2.75) is 66.2 Å². The summed E-state index contributed by atoms with van der Waals surface area (Å²) in [5.74, 6) is -0.0927. The van der Waals surface area contributed by atoms with Gasteiger partial charge in [0.2, 0.25) is 0 Å². The van der Waals surface area contributed by atoms with Gasteiger partial charge >= 0.3 is 0 Å². The second-order valence-corrected chi connectivity index (χ2v) is 12.6. The van der Waals surface area contributed by atoms with E-state index in [0.717, 1.165) is 52.2 Å². The van der Waals surface area contributed by atoms with E-state index < -0.39 is 0 Å². The van der Waals surface area contributed by atoms with Crippen LogP contribution >= 0.6 is 23.2 Å². The van der Waals surface area contributed by atoms with Crippen LogP contribution in [0.4, 0.5) is 5.69 Å². The summed E-state index contributed by atoms with van der Waals surface area (Å²) >= 11 is 12.7. The molecule has 0 spiro atoms. The highest BCUT2D eigenvalue weighted by molar-refractivity contribution is 6.42. The summed E-state index contributed by atoms with van der Waals surface area (Å²) in [5, 5.41) is 0.936. The fourth-order valence-electron chi connectivity index (χ4n) is 6.12. The van der Waals surface area contributed by atoms with E-state index in [1.54, 1.807) is 6.07 Å². The van der Waals surface area contributed by atoms with E-state index in [1.807, 2.05) is 24.3 Å². The molecule has 5 rings (SSSR count). The minimum atomic E-state index is -0.340. The number of allylic oxidation sites excluding steroid dienone is 4. The molecule has 5 heteroatoms. The average Bonchev–Trinajstić information content (AvgIpc) is 2.73. The number of anilines is 1. The van der Waals surface area contributed by atoms with Gasteiger partial charge in [-0.1, -0.05) is 75.2 Å². The van der Waals surface area contributed by atoms with Crippen LogP contribution in [0.3, 0.4) is 0 Å². The van der Waals surface area contributed by atoms with Gasteiger partial charge in [0.25, 0.3) is 0 Å². The van der Waals surface area contributed by atoms with Crippen LogP contribution in [0.25, 0.3) is 0 Å². The highest BCUT2D eigenvalue weighted by Crippen LogP contribution is 2.56. The van der Waals surface area contributed by atoms with Gasteiger partial charge in [-0.3, -0.25) is 9.59 Å². The molecule has 0 N–H and O–H groups in total. The zero-order valence-corrected chi connectivity index (χ0v) is 22.5. The molecule has 2 aliphatic carbocycles. The Labute approximate surface area is 217 Å². The lowest BCUT2D eigenvalue weighted by Crippen LogP contribution is -2.44. The smallest absolute Gasteiger partial charge is 0.162 e. The van der Waals surface area contributed by atoms with E-state index >= 15 is 0 Å². The summed E-state index contributed by atoms with van der Waals surface area (Å²) in [4.78, 5) is 29.9. The lowest BCUT2D eigenvalue weighted by molar-refractivity contribution is -0.119. The molecule has 1 aliphatic heterocycles. The molecular formula is C30H31Cl2NO2. The van der Waals surface area contributed by atoms with Gasteiger partial charge < -0.3 is 4.90 Å². The molecular weight excluding hydrogens is 477 g/mol. The van der Waals surface area contributed by atoms with Crippen LogP contribution in [0.15, 0.2) is 65.0 Å². The number of ketones is 2. The van der Waals surface area contributed by atoms with Crippen molar-refractivity contribution in [3.8, 4) is 0 Å². The number of hydrogen-bond donors (Lipinski definition) is 0. The monoisotopic (exact) mass is 507 g/mol. The maximum Gasteiger partial charge on any atom is 0.162 e. The highest BCUT2D eigenvalue weighted by Gasteiger charge is 2.49. The quantitative estimate of drug-likeness (QED) is 0.410. The number of benzene rings is 2. The first kappa shape index (κ1) is 24.3. The third kappa shape index (κ3) is 4.17. The maximum absolute atomic E-state index is 13.9. The standard InChI is InChI=1S/C30H31Cl2NO2/c1-17-8-6-7-9-19(17)26-27-22(13-29(2,3)15-24(27)34)33(18-10-11-20(31)21(32)12-18)23-14-30(4,5)16-25(35)28(23)26/h6-12,26H,13-16H2,1-5H3. The average molecular weight is 508 g/mol. The SMILES string of the molecule is Cc1ccccc1C1C2=C(CC(C)(C)CC2=O)N(c2ccc(Cl)c(Cl)c2)C2=C1C(=O)CC(C)(C)C2. The third-order valence-corrected chi connectivity index (χ3v) is 8.31. The van der Waals surface area contributed by atoms with Crippen LogP contribution in [-0.4, -0.2) is 11.6 Å². The fraction of sp³-hybridized carbons (Fsp3) is 0.400. The van der Waals surface area contributed by atoms with Crippen LogP contribution in [-0.2, 0) is 9.59 Å². The summed E-state index contributed by atoms with van der Waals surface area (Å²) in [6.07, 6.45) is 2.40. The predicted octanol–water partition coefficient (Wildman–Crippen LogP) is 8.19. The number of carbonyl (C=O) groups is 2. The van der Waals surface area contributed by atoms with Crippen LogP contribution in [0.5, 0.6) is 0 Å². The van der Waals surface area contributed by atoms with Crippen molar-refractivity contribution in [2.75, 3.05) is 4.90 Å². The van der Waals surface area contributed by atoms with Crippen molar-refractivity contribution in [1.29, 1.82) is 0 Å². The lowest BCUT2D eigenvalue weighted by Gasteiger charge is -2.49. The molecule has 2 aromatic carbocycles. The van der Waals surface area contributed by atoms with Gasteiger partial charge in [-0.15, -0.1) is 0 Å². The van der Waals surface area contributed by atoms with Crippen LogP contribution < -0.4 is 4.90 Å². The summed E-state index contributed by atoms with van der Waals surface area (Å²) in [7, 11) is 0. The first-order valence-corrected chi connectivity index (χ1v) is 13.0. The van der Waals surface area contributed by atoms with E-state index in [0.29, 0.717) is 22.9 Å². The van der Waals surface area contributed by atoms with Gasteiger partial charge in [0, 0.05) is 47.0 Å². The van der Waals surface area contributed by atoms with Crippen LogP contribution in [0, 0.1) is 17.8 Å². The Hall–Kier alpha value is -2.36. The molecule has 3 aliphatic rings. The Morgan fingerprint density at radius 3 is 1.83 bits per heavy atom. The van der Waals surface area contributed by atoms with E-state index in [-0.39, 0.29) is 28.3 Å². The molecule has 0 aromatic heterocycles. The van der Waals surface area contributed by atoms with Crippen LogP contribution in [0.2, 0.25) is 10.0 Å². The van der Waals surface area contributed by atoms with Crippen molar-refractivity contribution in [3.63, 3.8) is 0 Å². The van der Waals surface area contributed by atoms with Gasteiger partial charge in [0.1, 0.15) is 0 Å². The lowest BCUT2D eigenvalue weighted by atomic mass is 9.63. The topological polar surface area (TPSA) is 37.4 Å². The molecule has 0 saturated heterocycles. The van der Waals surface area contributed by atoms with Crippen molar-refractivity contribution in [1.82, 2.24) is 0 Å². The normalized spacial score (nSPS) is 21.9. The van der Waals surface area contributed by atoms with Crippen molar-refractivity contribution < 1.29 is 9.59 Å². The molecule has 35 heavy (non-hydrogen) atoms. The Morgan fingerprint density at radius 1 is 0.771 bits per heavy atom. The number of halogens is 2. The largest absolute Gasteiger partial charge is 0.317 e. The van der Waals surface area contributed by atoms with Gasteiger partial charge in [-0.25, -0.2) is 0 Å². The maximum atomic E-state index is 13.9. The molecule has 0 bridgehead atoms. The Kier molecular flexibility index (Phi) is 5.81. The fourth-order valence-corrected chi connectivity index (χ4v) is 6.41. The van der Waals surface area contributed by atoms with Crippen molar-refractivity contribution >= 4 is 40.5 Å². The minimum absolute atomic E-state index is 0.124. The Morgan fingerprint density at radius 2 is 1.31 bits per heavy atom. The molecule has 0 amide bonds. The van der Waals surface area contributed by atoms with Gasteiger partial charge in [0.15, 0.2) is 11.6 Å². The molecule has 0 atom stereocenters. The number of rotatable bonds is 2. The van der Waals surface area contributed by atoms with Gasteiger partial charge in [0.05, 0.1) is 10.0 Å². The van der Waals surface area contributed by atoms with Crippen molar-refractivity contribution in [3.05, 3.63) is 86.2 Å². The minimum Gasteiger partial charge on any atom is -0.317 e.